The third kappa shape index (κ3) is 2.33. The molecule has 0 aliphatic carbocycles. The summed E-state index contributed by atoms with van der Waals surface area (Å²) in [4.78, 5) is 3.85. The average molecular weight is 196 g/mol. The Morgan fingerprint density at radius 3 is 3.21 bits per heavy atom. The van der Waals surface area contributed by atoms with Crippen LogP contribution < -0.4 is 5.32 Å². The molecule has 1 fully saturated rings. The van der Waals surface area contributed by atoms with Crippen LogP contribution in [0.15, 0.2) is 17.0 Å². The van der Waals surface area contributed by atoms with E-state index in [-0.39, 0.29) is 5.60 Å². The average Bonchev–Trinajstić information content (AvgIpc) is 2.77. The molecule has 78 valence electrons. The number of hydrogen-bond acceptors (Lipinski definition) is 4. The highest BCUT2D eigenvalue weighted by Crippen LogP contribution is 2.23. The molecule has 0 spiro atoms. The number of nitrogens with one attached hydrogen (secondary N) is 1. The van der Waals surface area contributed by atoms with Crippen molar-refractivity contribution in [1.29, 1.82) is 0 Å². The van der Waals surface area contributed by atoms with Gasteiger partial charge in [0.1, 0.15) is 5.76 Å². The summed E-state index contributed by atoms with van der Waals surface area (Å²) < 4.78 is 10.8. The zero-order chi connectivity index (χ0) is 9.86. The molecular formula is C10H16N2O2. The number of aromatic nitrogens is 1. The van der Waals surface area contributed by atoms with E-state index in [1.54, 1.807) is 6.20 Å². The summed E-state index contributed by atoms with van der Waals surface area (Å²) in [5.74, 6) is 0.867. The van der Waals surface area contributed by atoms with Crippen LogP contribution >= 0.6 is 0 Å². The maximum Gasteiger partial charge on any atom is 0.180 e. The van der Waals surface area contributed by atoms with Crippen molar-refractivity contribution in [2.45, 2.75) is 31.9 Å². The molecule has 0 aromatic carbocycles. The third-order valence-corrected chi connectivity index (χ3v) is 2.58. The summed E-state index contributed by atoms with van der Waals surface area (Å²) in [7, 11) is 0. The fraction of sp³-hybridized carbons (Fsp3) is 0.700. The van der Waals surface area contributed by atoms with Crippen LogP contribution in [0.4, 0.5) is 0 Å². The van der Waals surface area contributed by atoms with Crippen molar-refractivity contribution >= 4 is 0 Å². The van der Waals surface area contributed by atoms with Gasteiger partial charge >= 0.3 is 0 Å². The molecule has 0 radical (unpaired) electrons. The minimum absolute atomic E-state index is 0.0139. The Morgan fingerprint density at radius 2 is 2.57 bits per heavy atom. The molecule has 4 nitrogen and oxygen atoms in total. The largest absolute Gasteiger partial charge is 0.447 e. The molecule has 1 aliphatic rings. The van der Waals surface area contributed by atoms with Crippen molar-refractivity contribution in [3.63, 3.8) is 0 Å². The van der Waals surface area contributed by atoms with Gasteiger partial charge in [0.25, 0.3) is 0 Å². The van der Waals surface area contributed by atoms with Crippen LogP contribution in [0.3, 0.4) is 0 Å². The van der Waals surface area contributed by atoms with Gasteiger partial charge < -0.3 is 14.5 Å². The second kappa shape index (κ2) is 4.11. The molecular weight excluding hydrogens is 180 g/mol. The SMILES string of the molecule is CC1(CNCc2cnco2)CCCO1. The first-order valence-corrected chi connectivity index (χ1v) is 5.01. The third-order valence-electron chi connectivity index (χ3n) is 2.58. The Hall–Kier alpha value is -0.870. The lowest BCUT2D eigenvalue weighted by Crippen LogP contribution is -2.36. The summed E-state index contributed by atoms with van der Waals surface area (Å²) in [5.41, 5.74) is 0.0139. The minimum atomic E-state index is 0.0139. The predicted molar refractivity (Wildman–Crippen MR) is 51.8 cm³/mol. The van der Waals surface area contributed by atoms with Crippen molar-refractivity contribution in [3.8, 4) is 0 Å². The summed E-state index contributed by atoms with van der Waals surface area (Å²) >= 11 is 0. The topological polar surface area (TPSA) is 47.3 Å². The van der Waals surface area contributed by atoms with Crippen molar-refractivity contribution in [1.82, 2.24) is 10.3 Å². The first-order valence-electron chi connectivity index (χ1n) is 5.01. The van der Waals surface area contributed by atoms with Gasteiger partial charge in [-0.2, -0.15) is 0 Å². The van der Waals surface area contributed by atoms with Crippen LogP contribution in [-0.4, -0.2) is 23.7 Å². The summed E-state index contributed by atoms with van der Waals surface area (Å²) in [5, 5.41) is 3.31. The Balaban J connectivity index is 1.72. The number of rotatable bonds is 4. The van der Waals surface area contributed by atoms with Crippen LogP contribution in [0, 0.1) is 0 Å². The molecule has 1 N–H and O–H groups in total. The van der Waals surface area contributed by atoms with Gasteiger partial charge in [-0.05, 0) is 19.8 Å². The first-order chi connectivity index (χ1) is 6.79. The molecule has 14 heavy (non-hydrogen) atoms. The quantitative estimate of drug-likeness (QED) is 0.789. The Kier molecular flexibility index (Phi) is 2.84. The van der Waals surface area contributed by atoms with Gasteiger partial charge in [-0.1, -0.05) is 0 Å². The minimum Gasteiger partial charge on any atom is -0.447 e. The number of ether oxygens (including phenoxy) is 1. The number of nitrogens with zero attached hydrogens (tertiary/aromatic N) is 1. The van der Waals surface area contributed by atoms with Gasteiger partial charge in [-0.15, -0.1) is 0 Å². The fourth-order valence-corrected chi connectivity index (χ4v) is 1.76. The summed E-state index contributed by atoms with van der Waals surface area (Å²) in [6.45, 7) is 4.63. The summed E-state index contributed by atoms with van der Waals surface area (Å²) in [6, 6.07) is 0. The normalized spacial score (nSPS) is 26.9. The lowest BCUT2D eigenvalue weighted by Gasteiger charge is -2.23. The van der Waals surface area contributed by atoms with Crippen LogP contribution in [0.25, 0.3) is 0 Å². The van der Waals surface area contributed by atoms with E-state index in [9.17, 15) is 0 Å². The fourth-order valence-electron chi connectivity index (χ4n) is 1.76. The van der Waals surface area contributed by atoms with Gasteiger partial charge in [-0.3, -0.25) is 0 Å². The Morgan fingerprint density at radius 1 is 1.64 bits per heavy atom. The van der Waals surface area contributed by atoms with Gasteiger partial charge in [0, 0.05) is 13.2 Å². The molecule has 1 unspecified atom stereocenters. The molecule has 1 aliphatic heterocycles. The van der Waals surface area contributed by atoms with Crippen molar-refractivity contribution in [2.24, 2.45) is 0 Å². The molecule has 4 heteroatoms. The highest BCUT2D eigenvalue weighted by molar-refractivity contribution is 4.89. The molecule has 0 bridgehead atoms. The maximum atomic E-state index is 5.65. The van der Waals surface area contributed by atoms with Crippen molar-refractivity contribution in [3.05, 3.63) is 18.4 Å². The molecule has 2 rings (SSSR count). The van der Waals surface area contributed by atoms with E-state index in [0.717, 1.165) is 31.9 Å². The zero-order valence-electron chi connectivity index (χ0n) is 8.45. The molecule has 0 saturated carbocycles. The van der Waals surface area contributed by atoms with Crippen molar-refractivity contribution in [2.75, 3.05) is 13.2 Å². The monoisotopic (exact) mass is 196 g/mol. The zero-order valence-corrected chi connectivity index (χ0v) is 8.45. The predicted octanol–water partition coefficient (Wildman–Crippen LogP) is 1.33. The standard InChI is InChI=1S/C10H16N2O2/c1-10(3-2-4-14-10)7-11-5-9-6-12-8-13-9/h6,8,11H,2-5,7H2,1H3. The lowest BCUT2D eigenvalue weighted by molar-refractivity contribution is 0.0204. The van der Waals surface area contributed by atoms with E-state index >= 15 is 0 Å². The Bertz CT molecular complexity index is 266. The molecule has 1 aromatic rings. The first kappa shape index (κ1) is 9.68. The summed E-state index contributed by atoms with van der Waals surface area (Å²) in [6.07, 6.45) is 5.48. The highest BCUT2D eigenvalue weighted by atomic mass is 16.5. The second-order valence-electron chi connectivity index (χ2n) is 3.97. The van der Waals surface area contributed by atoms with E-state index in [4.69, 9.17) is 9.15 Å². The molecule has 1 saturated heterocycles. The van der Waals surface area contributed by atoms with E-state index in [1.165, 1.54) is 12.8 Å². The van der Waals surface area contributed by atoms with Gasteiger partial charge in [0.05, 0.1) is 18.3 Å². The van der Waals surface area contributed by atoms with Crippen LogP contribution in [0.5, 0.6) is 0 Å². The van der Waals surface area contributed by atoms with E-state index < -0.39 is 0 Å². The lowest BCUT2D eigenvalue weighted by atomic mass is 10.0. The van der Waals surface area contributed by atoms with Crippen LogP contribution in [0.1, 0.15) is 25.5 Å². The molecule has 1 atom stereocenters. The highest BCUT2D eigenvalue weighted by Gasteiger charge is 2.28. The van der Waals surface area contributed by atoms with Crippen LogP contribution in [0.2, 0.25) is 0 Å². The molecule has 2 heterocycles. The van der Waals surface area contributed by atoms with E-state index in [2.05, 4.69) is 17.2 Å². The van der Waals surface area contributed by atoms with Crippen molar-refractivity contribution < 1.29 is 9.15 Å². The molecule has 0 amide bonds. The van der Waals surface area contributed by atoms with Crippen LogP contribution in [-0.2, 0) is 11.3 Å². The van der Waals surface area contributed by atoms with Gasteiger partial charge in [0.2, 0.25) is 0 Å². The smallest absolute Gasteiger partial charge is 0.180 e. The van der Waals surface area contributed by atoms with E-state index in [1.807, 2.05) is 0 Å². The van der Waals surface area contributed by atoms with E-state index in [0.29, 0.717) is 0 Å². The van der Waals surface area contributed by atoms with Gasteiger partial charge in [0.15, 0.2) is 6.39 Å². The van der Waals surface area contributed by atoms with Gasteiger partial charge in [-0.25, -0.2) is 4.98 Å². The maximum absolute atomic E-state index is 5.65. The number of hydrogen-bond donors (Lipinski definition) is 1. The number of oxazole rings is 1. The molecule has 1 aromatic heterocycles. The second-order valence-corrected chi connectivity index (χ2v) is 3.97. The Labute approximate surface area is 83.7 Å².